The molecule has 0 spiro atoms. The third kappa shape index (κ3) is 2.49. The molecular weight excluding hydrogens is 258 g/mol. The van der Waals surface area contributed by atoms with E-state index in [1.807, 2.05) is 0 Å². The van der Waals surface area contributed by atoms with Gasteiger partial charge in [-0.1, -0.05) is 11.6 Å². The van der Waals surface area contributed by atoms with Crippen LogP contribution < -0.4 is 0 Å². The third-order valence-corrected chi connectivity index (χ3v) is 2.64. The number of aromatic carboxylic acids is 1. The number of carbonyl (C=O) groups is 1. The zero-order valence-electron chi connectivity index (χ0n) is 9.25. The summed E-state index contributed by atoms with van der Waals surface area (Å²) in [5.74, 6) is -0.568. The molecule has 0 saturated heterocycles. The molecule has 1 aromatic heterocycles. The lowest BCUT2D eigenvalue weighted by Gasteiger charge is -2.03. The highest BCUT2D eigenvalue weighted by Crippen LogP contribution is 2.19. The lowest BCUT2D eigenvalue weighted by molar-refractivity contribution is 0.0697. The molecule has 94 valence electrons. The fourth-order valence-corrected chi connectivity index (χ4v) is 1.71. The number of benzene rings is 1. The Balaban J connectivity index is 2.33. The highest BCUT2D eigenvalue weighted by molar-refractivity contribution is 6.33. The molecule has 1 aromatic carbocycles. The molecule has 0 bridgehead atoms. The molecular formula is C11H10ClN3O3. The van der Waals surface area contributed by atoms with Crippen LogP contribution in [-0.4, -0.2) is 37.6 Å². The van der Waals surface area contributed by atoms with Gasteiger partial charge >= 0.3 is 5.97 Å². The van der Waals surface area contributed by atoms with Gasteiger partial charge < -0.3 is 10.2 Å². The minimum atomic E-state index is -1.08. The maximum Gasteiger partial charge on any atom is 0.337 e. The summed E-state index contributed by atoms with van der Waals surface area (Å²) in [6, 6.07) is 4.50. The molecule has 0 aliphatic heterocycles. The van der Waals surface area contributed by atoms with Gasteiger partial charge in [-0.15, -0.1) is 0 Å². The lowest BCUT2D eigenvalue weighted by atomic mass is 10.2. The lowest BCUT2D eigenvalue weighted by Crippen LogP contribution is -2.01. The van der Waals surface area contributed by atoms with Gasteiger partial charge in [0.2, 0.25) is 0 Å². The van der Waals surface area contributed by atoms with Gasteiger partial charge in [0.25, 0.3) is 0 Å². The van der Waals surface area contributed by atoms with Crippen LogP contribution in [0.25, 0.3) is 5.69 Å². The third-order valence-electron chi connectivity index (χ3n) is 2.32. The molecule has 0 saturated carbocycles. The van der Waals surface area contributed by atoms with Crippen LogP contribution in [0.1, 0.15) is 16.2 Å². The Bertz CT molecular complexity index is 583. The molecule has 0 aliphatic rings. The van der Waals surface area contributed by atoms with Crippen molar-refractivity contribution >= 4 is 17.6 Å². The first kappa shape index (κ1) is 12.5. The number of nitrogens with zero attached hydrogens (tertiary/aromatic N) is 3. The standard InChI is InChI=1S/C11H10ClN3O3/c12-9-5-7(1-2-8(9)11(17)18)15-6-13-10(14-15)3-4-16/h1-2,5-6,16H,3-4H2,(H,17,18). The largest absolute Gasteiger partial charge is 0.478 e. The van der Waals surface area contributed by atoms with E-state index in [1.54, 1.807) is 6.07 Å². The highest BCUT2D eigenvalue weighted by atomic mass is 35.5. The van der Waals surface area contributed by atoms with E-state index in [1.165, 1.54) is 23.1 Å². The minimum Gasteiger partial charge on any atom is -0.478 e. The molecule has 2 aromatic rings. The van der Waals surface area contributed by atoms with Crippen molar-refractivity contribution < 1.29 is 15.0 Å². The molecule has 18 heavy (non-hydrogen) atoms. The molecule has 0 radical (unpaired) electrons. The minimum absolute atomic E-state index is 0.0251. The maximum absolute atomic E-state index is 10.8. The van der Waals surface area contributed by atoms with Gasteiger partial charge in [0.15, 0.2) is 5.82 Å². The number of aliphatic hydroxyl groups excluding tert-OH is 1. The van der Waals surface area contributed by atoms with E-state index in [0.717, 1.165) is 0 Å². The van der Waals surface area contributed by atoms with Gasteiger partial charge in [-0.2, -0.15) is 5.10 Å². The summed E-state index contributed by atoms with van der Waals surface area (Å²) in [4.78, 5) is 14.8. The molecule has 2 N–H and O–H groups in total. The predicted molar refractivity (Wildman–Crippen MR) is 64.1 cm³/mol. The average molecular weight is 268 g/mol. The van der Waals surface area contributed by atoms with Crippen LogP contribution in [0.15, 0.2) is 24.5 Å². The SMILES string of the molecule is O=C(O)c1ccc(-n2cnc(CCO)n2)cc1Cl. The van der Waals surface area contributed by atoms with E-state index in [0.29, 0.717) is 17.9 Å². The second kappa shape index (κ2) is 5.16. The quantitative estimate of drug-likeness (QED) is 0.868. The summed E-state index contributed by atoms with van der Waals surface area (Å²) < 4.78 is 1.47. The smallest absolute Gasteiger partial charge is 0.337 e. The molecule has 1 heterocycles. The Kier molecular flexibility index (Phi) is 3.59. The number of hydrogen-bond donors (Lipinski definition) is 2. The monoisotopic (exact) mass is 267 g/mol. The van der Waals surface area contributed by atoms with Crippen LogP contribution in [0.3, 0.4) is 0 Å². The van der Waals surface area contributed by atoms with E-state index < -0.39 is 5.97 Å². The number of aliphatic hydroxyl groups is 1. The first-order valence-corrected chi connectivity index (χ1v) is 5.54. The molecule has 0 aliphatic carbocycles. The summed E-state index contributed by atoms with van der Waals surface area (Å²) in [6.45, 7) is -0.0251. The number of hydrogen-bond acceptors (Lipinski definition) is 4. The Morgan fingerprint density at radius 3 is 2.83 bits per heavy atom. The van der Waals surface area contributed by atoms with Gasteiger partial charge in [0.1, 0.15) is 6.33 Å². The summed E-state index contributed by atoms with van der Waals surface area (Å²) in [6.07, 6.45) is 1.85. The maximum atomic E-state index is 10.8. The number of aromatic nitrogens is 3. The molecule has 0 unspecified atom stereocenters. The van der Waals surface area contributed by atoms with Crippen LogP contribution in [-0.2, 0) is 6.42 Å². The van der Waals surface area contributed by atoms with Crippen LogP contribution in [0.4, 0.5) is 0 Å². The first-order valence-electron chi connectivity index (χ1n) is 5.16. The van der Waals surface area contributed by atoms with Crippen molar-refractivity contribution in [2.45, 2.75) is 6.42 Å². The van der Waals surface area contributed by atoms with Crippen molar-refractivity contribution in [3.63, 3.8) is 0 Å². The van der Waals surface area contributed by atoms with Crippen LogP contribution >= 0.6 is 11.6 Å². The first-order chi connectivity index (χ1) is 8.61. The van der Waals surface area contributed by atoms with Crippen LogP contribution in [0.2, 0.25) is 5.02 Å². The second-order valence-electron chi connectivity index (χ2n) is 3.55. The summed E-state index contributed by atoms with van der Waals surface area (Å²) in [5, 5.41) is 21.9. The van der Waals surface area contributed by atoms with Gasteiger partial charge in [-0.05, 0) is 18.2 Å². The topological polar surface area (TPSA) is 88.2 Å². The van der Waals surface area contributed by atoms with Crippen molar-refractivity contribution in [2.75, 3.05) is 6.61 Å². The molecule has 0 fully saturated rings. The fourth-order valence-electron chi connectivity index (χ4n) is 1.46. The molecule has 7 heteroatoms. The van der Waals surface area contributed by atoms with Crippen molar-refractivity contribution in [3.05, 3.63) is 40.9 Å². The van der Waals surface area contributed by atoms with E-state index in [9.17, 15) is 4.79 Å². The van der Waals surface area contributed by atoms with Gasteiger partial charge in [0.05, 0.1) is 22.9 Å². The fraction of sp³-hybridized carbons (Fsp3) is 0.182. The summed E-state index contributed by atoms with van der Waals surface area (Å²) in [7, 11) is 0. The number of carboxylic acids is 1. The Morgan fingerprint density at radius 1 is 1.44 bits per heavy atom. The summed E-state index contributed by atoms with van der Waals surface area (Å²) >= 11 is 5.86. The zero-order valence-corrected chi connectivity index (χ0v) is 10.0. The summed E-state index contributed by atoms with van der Waals surface area (Å²) in [5.41, 5.74) is 0.651. The number of carboxylic acid groups (broad SMARTS) is 1. The van der Waals surface area contributed by atoms with Gasteiger partial charge in [-0.3, -0.25) is 0 Å². The van der Waals surface area contributed by atoms with E-state index in [4.69, 9.17) is 21.8 Å². The zero-order chi connectivity index (χ0) is 13.1. The Morgan fingerprint density at radius 2 is 2.22 bits per heavy atom. The second-order valence-corrected chi connectivity index (χ2v) is 3.96. The Hall–Kier alpha value is -1.92. The van der Waals surface area contributed by atoms with E-state index >= 15 is 0 Å². The molecule has 0 amide bonds. The number of halogens is 1. The Labute approximate surface area is 107 Å². The van der Waals surface area contributed by atoms with Crippen molar-refractivity contribution in [1.82, 2.24) is 14.8 Å². The van der Waals surface area contributed by atoms with Crippen molar-refractivity contribution in [3.8, 4) is 5.69 Å². The molecule has 0 atom stereocenters. The van der Waals surface area contributed by atoms with Crippen LogP contribution in [0, 0.1) is 0 Å². The normalized spacial score (nSPS) is 10.6. The van der Waals surface area contributed by atoms with Gasteiger partial charge in [-0.25, -0.2) is 14.5 Å². The highest BCUT2D eigenvalue weighted by Gasteiger charge is 2.10. The average Bonchev–Trinajstić information content (AvgIpc) is 2.77. The van der Waals surface area contributed by atoms with Gasteiger partial charge in [0, 0.05) is 6.42 Å². The molecule has 2 rings (SSSR count). The van der Waals surface area contributed by atoms with E-state index in [2.05, 4.69) is 10.1 Å². The van der Waals surface area contributed by atoms with Crippen molar-refractivity contribution in [2.24, 2.45) is 0 Å². The van der Waals surface area contributed by atoms with Crippen LogP contribution in [0.5, 0.6) is 0 Å². The van der Waals surface area contributed by atoms with Crippen molar-refractivity contribution in [1.29, 1.82) is 0 Å². The van der Waals surface area contributed by atoms with E-state index in [-0.39, 0.29) is 17.2 Å². The number of rotatable bonds is 4. The molecule has 6 nitrogen and oxygen atoms in total. The predicted octanol–water partition coefficient (Wildman–Crippen LogP) is 1.15.